The summed E-state index contributed by atoms with van der Waals surface area (Å²) in [5.74, 6) is -4.20. The molecule has 2 aromatic carbocycles. The van der Waals surface area contributed by atoms with Gasteiger partial charge in [-0.25, -0.2) is 18.2 Å². The van der Waals surface area contributed by atoms with E-state index >= 15 is 8.78 Å². The molecule has 6 heterocycles. The molecule has 4 aliphatic heterocycles. The van der Waals surface area contributed by atoms with Crippen LogP contribution in [0.15, 0.2) is 24.3 Å². The normalized spacial score (nSPS) is 24.3. The number of phenols is 1. The number of fused-ring (bicyclic) bond motifs is 5. The van der Waals surface area contributed by atoms with Crippen molar-refractivity contribution in [2.24, 2.45) is 0 Å². The van der Waals surface area contributed by atoms with E-state index in [2.05, 4.69) is 15.0 Å². The Labute approximate surface area is 299 Å². The van der Waals surface area contributed by atoms with Crippen LogP contribution in [0.1, 0.15) is 39.0 Å². The van der Waals surface area contributed by atoms with E-state index in [1.165, 1.54) is 31.4 Å². The monoisotopic (exact) mass is 746 g/mol. The smallest absolute Gasteiger partial charge is 0.471 e. The summed E-state index contributed by atoms with van der Waals surface area (Å²) >= 11 is 0. The van der Waals surface area contributed by atoms with E-state index < -0.39 is 47.5 Å². The number of hydrogen-bond acceptors (Lipinski definition) is 10. The molecule has 17 heteroatoms. The number of anilines is 1. The molecule has 1 amide bonds. The highest BCUT2D eigenvalue weighted by Gasteiger charge is 2.53. The van der Waals surface area contributed by atoms with Crippen LogP contribution in [0.3, 0.4) is 0 Å². The summed E-state index contributed by atoms with van der Waals surface area (Å²) in [4.78, 5) is 30.6. The average Bonchev–Trinajstić information content (AvgIpc) is 3.73. The summed E-state index contributed by atoms with van der Waals surface area (Å²) in [6.45, 7) is 2.57. The number of carbonyl (C=O) groups is 1. The number of benzene rings is 2. The summed E-state index contributed by atoms with van der Waals surface area (Å²) < 4.78 is 105. The highest BCUT2D eigenvalue weighted by atomic mass is 19.4. The Morgan fingerprint density at radius 3 is 2.49 bits per heavy atom. The van der Waals surface area contributed by atoms with Crippen molar-refractivity contribution in [3.05, 3.63) is 35.9 Å². The van der Waals surface area contributed by atoms with Crippen molar-refractivity contribution < 1.29 is 50.5 Å². The van der Waals surface area contributed by atoms with Gasteiger partial charge in [0.25, 0.3) is 0 Å². The number of rotatable bonds is 8. The largest absolute Gasteiger partial charge is 0.508 e. The first-order chi connectivity index (χ1) is 25.3. The zero-order valence-corrected chi connectivity index (χ0v) is 28.9. The maximum absolute atomic E-state index is 17.2. The fraction of sp³-hybridized carbons (Fsp3) is 0.500. The van der Waals surface area contributed by atoms with Crippen molar-refractivity contribution in [2.75, 3.05) is 51.4 Å². The molecule has 4 aliphatic rings. The van der Waals surface area contributed by atoms with Gasteiger partial charge < -0.3 is 29.1 Å². The first-order valence-corrected chi connectivity index (χ1v) is 17.5. The van der Waals surface area contributed by atoms with Crippen molar-refractivity contribution in [1.29, 1.82) is 0 Å². The van der Waals surface area contributed by atoms with Crippen LogP contribution in [0.25, 0.3) is 32.9 Å². The molecule has 4 atom stereocenters. The number of nitrogens with zero attached hydrogens (tertiary/aromatic N) is 6. The van der Waals surface area contributed by atoms with Crippen LogP contribution in [-0.4, -0.2) is 112 Å². The van der Waals surface area contributed by atoms with Crippen molar-refractivity contribution in [3.8, 4) is 34.6 Å². The molecule has 53 heavy (non-hydrogen) atoms. The lowest BCUT2D eigenvalue weighted by atomic mass is 9.95. The van der Waals surface area contributed by atoms with Gasteiger partial charge in [0.1, 0.15) is 40.9 Å². The fourth-order valence-electron chi connectivity index (χ4n) is 8.79. The van der Waals surface area contributed by atoms with Crippen LogP contribution in [0.2, 0.25) is 0 Å². The van der Waals surface area contributed by atoms with Gasteiger partial charge in [-0.15, -0.1) is 0 Å². The number of carbonyl (C=O) groups excluding carboxylic acids is 1. The Morgan fingerprint density at radius 2 is 1.79 bits per heavy atom. The fourth-order valence-corrected chi connectivity index (χ4v) is 8.79. The second-order valence-electron chi connectivity index (χ2n) is 14.1. The maximum atomic E-state index is 17.2. The molecule has 0 radical (unpaired) electrons. The van der Waals surface area contributed by atoms with Crippen LogP contribution in [0, 0.1) is 11.6 Å². The number of aromatic hydroxyl groups is 1. The van der Waals surface area contributed by atoms with Gasteiger partial charge >= 0.3 is 18.1 Å². The van der Waals surface area contributed by atoms with Gasteiger partial charge in [-0.2, -0.15) is 23.1 Å². The first-order valence-electron chi connectivity index (χ1n) is 17.5. The number of pyridine rings is 1. The molecule has 11 nitrogen and oxygen atoms in total. The van der Waals surface area contributed by atoms with Gasteiger partial charge in [-0.05, 0) is 62.7 Å². The van der Waals surface area contributed by atoms with Gasteiger partial charge in [-0.3, -0.25) is 9.69 Å². The number of aromatic nitrogens is 3. The second kappa shape index (κ2) is 13.0. The number of piperazine rings is 1. The van der Waals surface area contributed by atoms with E-state index in [9.17, 15) is 27.5 Å². The average molecular weight is 747 g/mol. The lowest BCUT2D eigenvalue weighted by Crippen LogP contribution is -2.59. The quantitative estimate of drug-likeness (QED) is 0.218. The van der Waals surface area contributed by atoms with Crippen LogP contribution < -0.4 is 19.1 Å². The number of alkyl halides is 4. The third-order valence-electron chi connectivity index (χ3n) is 10.9. The lowest BCUT2D eigenvalue weighted by Gasteiger charge is -2.42. The van der Waals surface area contributed by atoms with Gasteiger partial charge in [0, 0.05) is 37.0 Å². The molecule has 2 bridgehead atoms. The topological polar surface area (TPSA) is 113 Å². The Kier molecular flexibility index (Phi) is 8.61. The number of hydrogen-bond donors (Lipinski definition) is 1. The van der Waals surface area contributed by atoms with E-state index in [1.807, 2.05) is 4.90 Å². The van der Waals surface area contributed by atoms with Crippen molar-refractivity contribution in [2.45, 2.75) is 69.0 Å². The standard InChI is InChI=1S/C36H36F6N6O5/c1-3-52-30-24(38)8-5-18-11-22(49)12-23(25(18)30)28-27(39)29-26(32(43-28)51-2)31(46-15-20-6-7-21(16-46)48(20)33(50)36(40,41)42)45-34(44-29)53-17-35-9-4-10-47(35)14-19(37)13-35/h5,8,11-12,19-21,49H,3-4,6-7,9-10,13-17H2,1-2H3/t19-,20?,21?,35+/m1/s1. The molecule has 4 saturated heterocycles. The van der Waals surface area contributed by atoms with E-state index in [1.54, 1.807) is 11.8 Å². The highest BCUT2D eigenvalue weighted by Crippen LogP contribution is 2.46. The predicted molar refractivity (Wildman–Crippen MR) is 180 cm³/mol. The Balaban J connectivity index is 1.29. The third kappa shape index (κ3) is 5.87. The predicted octanol–water partition coefficient (Wildman–Crippen LogP) is 5.93. The van der Waals surface area contributed by atoms with Crippen LogP contribution in [0.4, 0.5) is 32.2 Å². The molecule has 282 valence electrons. The van der Waals surface area contributed by atoms with Gasteiger partial charge in [-0.1, -0.05) is 6.07 Å². The molecule has 1 N–H and O–H groups in total. The van der Waals surface area contributed by atoms with Crippen LogP contribution in [-0.2, 0) is 4.79 Å². The van der Waals surface area contributed by atoms with Crippen molar-refractivity contribution >= 4 is 33.4 Å². The van der Waals surface area contributed by atoms with Gasteiger partial charge in [0.2, 0.25) is 5.88 Å². The maximum Gasteiger partial charge on any atom is 0.471 e. The molecular formula is C36H36F6N6O5. The zero-order valence-electron chi connectivity index (χ0n) is 28.9. The molecule has 8 rings (SSSR count). The van der Waals surface area contributed by atoms with Gasteiger partial charge in [0.05, 0.1) is 31.3 Å². The zero-order chi connectivity index (χ0) is 37.4. The molecule has 0 saturated carbocycles. The Bertz CT molecular complexity index is 2110. The molecular weight excluding hydrogens is 710 g/mol. The van der Waals surface area contributed by atoms with E-state index in [4.69, 9.17) is 14.2 Å². The third-order valence-corrected chi connectivity index (χ3v) is 10.9. The summed E-state index contributed by atoms with van der Waals surface area (Å²) in [5.41, 5.74) is -1.33. The molecule has 0 aliphatic carbocycles. The van der Waals surface area contributed by atoms with Crippen molar-refractivity contribution in [1.82, 2.24) is 24.8 Å². The lowest BCUT2D eigenvalue weighted by molar-refractivity contribution is -0.188. The Hall–Kier alpha value is -4.80. The minimum absolute atomic E-state index is 0.00234. The summed E-state index contributed by atoms with van der Waals surface area (Å²) in [6, 6.07) is 3.28. The second-order valence-corrected chi connectivity index (χ2v) is 14.1. The van der Waals surface area contributed by atoms with Crippen LogP contribution in [0.5, 0.6) is 23.4 Å². The SMILES string of the molecule is CCOc1c(F)ccc2cc(O)cc(-c3nc(OC)c4c(N5CC6CCC(C5)N6C(=O)C(F)(F)F)nc(OC[C@@]56CCCN5C[C@H](F)C6)nc4c3F)c12. The van der Waals surface area contributed by atoms with E-state index in [0.717, 1.165) is 11.3 Å². The number of ether oxygens (including phenoxy) is 3. The number of halogens is 6. The molecule has 0 spiro atoms. The number of methoxy groups -OCH3 is 1. The molecule has 4 fully saturated rings. The summed E-state index contributed by atoms with van der Waals surface area (Å²) in [5, 5.41) is 11.1. The number of amides is 1. The summed E-state index contributed by atoms with van der Waals surface area (Å²) in [6.07, 6.45) is -3.71. The first kappa shape index (κ1) is 35.2. The van der Waals surface area contributed by atoms with Crippen LogP contribution >= 0.6 is 0 Å². The molecule has 2 unspecified atom stereocenters. The van der Waals surface area contributed by atoms with E-state index in [-0.39, 0.29) is 96.0 Å². The summed E-state index contributed by atoms with van der Waals surface area (Å²) in [7, 11) is 1.29. The highest BCUT2D eigenvalue weighted by molar-refractivity contribution is 6.04. The minimum atomic E-state index is -5.05. The van der Waals surface area contributed by atoms with E-state index in [0.29, 0.717) is 31.2 Å². The molecule has 4 aromatic rings. The van der Waals surface area contributed by atoms with Gasteiger partial charge in [0.15, 0.2) is 17.4 Å². The minimum Gasteiger partial charge on any atom is -0.508 e. The van der Waals surface area contributed by atoms with Crippen molar-refractivity contribution in [3.63, 3.8) is 0 Å². The Morgan fingerprint density at radius 1 is 1.04 bits per heavy atom. The number of phenolic OH excluding ortho intramolecular Hbond substituents is 1. The molecule has 2 aromatic heterocycles.